The molecule has 0 atom stereocenters. The Morgan fingerprint density at radius 1 is 1.08 bits per heavy atom. The van der Waals surface area contributed by atoms with E-state index in [1.54, 1.807) is 30.3 Å². The summed E-state index contributed by atoms with van der Waals surface area (Å²) in [7, 11) is 0. The number of nitrogens with one attached hydrogen (secondary N) is 2. The molecule has 2 aromatic carbocycles. The van der Waals surface area contributed by atoms with Gasteiger partial charge in [0.25, 0.3) is 0 Å². The van der Waals surface area contributed by atoms with Crippen LogP contribution in [0.15, 0.2) is 48.5 Å². The minimum absolute atomic E-state index is 0.0248. The molecule has 0 spiro atoms. The molecule has 1 aromatic heterocycles. The lowest BCUT2D eigenvalue weighted by Gasteiger charge is -2.11. The number of hydrogen-bond donors (Lipinski definition) is 3. The Kier molecular flexibility index (Phi) is 4.81. The molecule has 0 aliphatic rings. The lowest BCUT2D eigenvalue weighted by molar-refractivity contribution is -0.383. The van der Waals surface area contributed by atoms with E-state index >= 15 is 0 Å². The molecule has 8 nitrogen and oxygen atoms in total. The van der Waals surface area contributed by atoms with Gasteiger partial charge in [0.05, 0.1) is 4.92 Å². The van der Waals surface area contributed by atoms with Gasteiger partial charge in [-0.2, -0.15) is 9.97 Å². The van der Waals surface area contributed by atoms with E-state index < -0.39 is 16.4 Å². The molecule has 0 unspecified atom stereocenters. The monoisotopic (exact) mass is 374 g/mol. The summed E-state index contributed by atoms with van der Waals surface area (Å²) in [5.74, 6) is -0.942. The van der Waals surface area contributed by atoms with Crippen LogP contribution in [0.3, 0.4) is 0 Å². The van der Waals surface area contributed by atoms with Crippen LogP contribution in [0.25, 0.3) is 0 Å². The molecule has 132 valence electrons. The summed E-state index contributed by atoms with van der Waals surface area (Å²) in [6, 6.07) is 12.2. The third kappa shape index (κ3) is 3.95. The Hall–Kier alpha value is -3.46. The summed E-state index contributed by atoms with van der Waals surface area (Å²) >= 11 is 5.92. The predicted molar refractivity (Wildman–Crippen MR) is 97.5 cm³/mol. The summed E-state index contributed by atoms with van der Waals surface area (Å²) < 4.78 is 13.3. The quantitative estimate of drug-likeness (QED) is 0.451. The second-order valence-electron chi connectivity index (χ2n) is 5.16. The summed E-state index contributed by atoms with van der Waals surface area (Å²) in [6.45, 7) is 0. The Bertz CT molecular complexity index is 985. The van der Waals surface area contributed by atoms with Crippen LogP contribution in [0.4, 0.5) is 39.0 Å². The van der Waals surface area contributed by atoms with Gasteiger partial charge >= 0.3 is 5.69 Å². The summed E-state index contributed by atoms with van der Waals surface area (Å²) in [5.41, 5.74) is 6.09. The number of nitrogen functional groups attached to an aromatic ring is 1. The van der Waals surface area contributed by atoms with Gasteiger partial charge in [-0.1, -0.05) is 23.7 Å². The topological polar surface area (TPSA) is 119 Å². The number of aromatic nitrogens is 2. The maximum absolute atomic E-state index is 13.3. The highest BCUT2D eigenvalue weighted by Gasteiger charge is 2.23. The fourth-order valence-corrected chi connectivity index (χ4v) is 2.38. The smallest absolute Gasteiger partial charge is 0.353 e. The molecular formula is C16H12ClFN6O2. The molecule has 3 rings (SSSR count). The van der Waals surface area contributed by atoms with Crippen LogP contribution in [0.1, 0.15) is 0 Å². The van der Waals surface area contributed by atoms with E-state index in [1.807, 2.05) is 0 Å². The van der Waals surface area contributed by atoms with Crippen molar-refractivity contribution in [2.45, 2.75) is 0 Å². The Morgan fingerprint density at radius 2 is 1.77 bits per heavy atom. The van der Waals surface area contributed by atoms with E-state index in [-0.39, 0.29) is 17.6 Å². The molecule has 0 bridgehead atoms. The van der Waals surface area contributed by atoms with Crippen molar-refractivity contribution >= 4 is 46.2 Å². The lowest BCUT2D eigenvalue weighted by Crippen LogP contribution is -2.08. The minimum atomic E-state index is -0.686. The third-order valence-corrected chi connectivity index (χ3v) is 3.50. The molecule has 0 saturated heterocycles. The van der Waals surface area contributed by atoms with E-state index in [1.165, 1.54) is 18.2 Å². The minimum Gasteiger partial charge on any atom is -0.378 e. The molecule has 0 radical (unpaired) electrons. The van der Waals surface area contributed by atoms with Crippen molar-refractivity contribution in [2.75, 3.05) is 16.4 Å². The van der Waals surface area contributed by atoms with Crippen molar-refractivity contribution in [3.05, 3.63) is 69.5 Å². The number of rotatable bonds is 5. The largest absolute Gasteiger partial charge is 0.378 e. The highest BCUT2D eigenvalue weighted by atomic mass is 35.5. The van der Waals surface area contributed by atoms with Crippen LogP contribution < -0.4 is 16.4 Å². The maximum atomic E-state index is 13.3. The second-order valence-corrected chi connectivity index (χ2v) is 5.59. The third-order valence-electron chi connectivity index (χ3n) is 3.26. The number of nitrogens with two attached hydrogens (primary N) is 1. The van der Waals surface area contributed by atoms with Gasteiger partial charge in [0.15, 0.2) is 0 Å². The number of benzene rings is 2. The molecule has 0 aliphatic heterocycles. The van der Waals surface area contributed by atoms with E-state index in [4.69, 9.17) is 17.3 Å². The highest BCUT2D eigenvalue weighted by Crippen LogP contribution is 2.32. The summed E-state index contributed by atoms with van der Waals surface area (Å²) in [6.07, 6.45) is 0. The first-order valence-corrected chi connectivity index (χ1v) is 7.67. The van der Waals surface area contributed by atoms with Crippen LogP contribution in [0.2, 0.25) is 5.02 Å². The van der Waals surface area contributed by atoms with Gasteiger partial charge < -0.3 is 16.4 Å². The van der Waals surface area contributed by atoms with Crippen LogP contribution in [-0.4, -0.2) is 14.9 Å². The average molecular weight is 375 g/mol. The van der Waals surface area contributed by atoms with Gasteiger partial charge in [-0.25, -0.2) is 4.39 Å². The van der Waals surface area contributed by atoms with Crippen LogP contribution in [0.5, 0.6) is 0 Å². The van der Waals surface area contributed by atoms with Gasteiger partial charge in [-0.15, -0.1) is 0 Å². The molecule has 26 heavy (non-hydrogen) atoms. The molecule has 10 heteroatoms. The number of hydrogen-bond acceptors (Lipinski definition) is 7. The van der Waals surface area contributed by atoms with Gasteiger partial charge in [-0.05, 0) is 36.4 Å². The average Bonchev–Trinajstić information content (AvgIpc) is 2.54. The number of halogens is 2. The van der Waals surface area contributed by atoms with E-state index in [0.717, 1.165) is 0 Å². The highest BCUT2D eigenvalue weighted by molar-refractivity contribution is 6.30. The molecule has 0 saturated carbocycles. The lowest BCUT2D eigenvalue weighted by atomic mass is 10.3. The fourth-order valence-electron chi connectivity index (χ4n) is 2.19. The van der Waals surface area contributed by atoms with Crippen LogP contribution >= 0.6 is 11.6 Å². The first-order chi connectivity index (χ1) is 12.4. The molecule has 4 N–H and O–H groups in total. The molecule has 0 amide bonds. The van der Waals surface area contributed by atoms with Gasteiger partial charge in [0.2, 0.25) is 17.6 Å². The zero-order valence-corrected chi connectivity index (χ0v) is 13.9. The molecule has 0 aliphatic carbocycles. The van der Waals surface area contributed by atoms with E-state index in [0.29, 0.717) is 16.4 Å². The van der Waals surface area contributed by atoms with Crippen molar-refractivity contribution in [2.24, 2.45) is 0 Å². The Morgan fingerprint density at radius 3 is 2.42 bits per heavy atom. The Balaban J connectivity index is 2.00. The first kappa shape index (κ1) is 17.4. The van der Waals surface area contributed by atoms with Crippen molar-refractivity contribution in [1.82, 2.24) is 9.97 Å². The fraction of sp³-hybridized carbons (Fsp3) is 0. The number of nitro groups is 1. The SMILES string of the molecule is Nc1nc(Nc2cccc(F)c2)nc(Nc2cccc(Cl)c2)c1[N+](=O)[O-]. The number of anilines is 5. The van der Waals surface area contributed by atoms with E-state index in [9.17, 15) is 14.5 Å². The Labute approximate surface area is 152 Å². The zero-order valence-electron chi connectivity index (χ0n) is 13.1. The van der Waals surface area contributed by atoms with Crippen molar-refractivity contribution in [1.29, 1.82) is 0 Å². The normalized spacial score (nSPS) is 10.4. The standard InChI is InChI=1S/C16H12ClFN6O2/c17-9-3-1-5-11(7-9)20-15-13(24(25)26)14(19)22-16(23-15)21-12-6-2-4-10(18)8-12/h1-8H,(H4,19,20,21,22,23). The van der Waals surface area contributed by atoms with Crippen molar-refractivity contribution < 1.29 is 9.31 Å². The molecular weight excluding hydrogens is 363 g/mol. The molecule has 1 heterocycles. The molecule has 0 fully saturated rings. The predicted octanol–water partition coefficient (Wildman–Crippen LogP) is 4.25. The van der Waals surface area contributed by atoms with Gasteiger partial charge in [0, 0.05) is 16.4 Å². The summed E-state index contributed by atoms with van der Waals surface area (Å²) in [4.78, 5) is 18.6. The summed E-state index contributed by atoms with van der Waals surface area (Å²) in [5, 5.41) is 17.3. The van der Waals surface area contributed by atoms with Gasteiger partial charge in [-0.3, -0.25) is 10.1 Å². The molecule has 3 aromatic rings. The van der Waals surface area contributed by atoms with Crippen LogP contribution in [-0.2, 0) is 0 Å². The van der Waals surface area contributed by atoms with Crippen molar-refractivity contribution in [3.8, 4) is 0 Å². The second kappa shape index (κ2) is 7.19. The van der Waals surface area contributed by atoms with E-state index in [2.05, 4.69) is 20.6 Å². The van der Waals surface area contributed by atoms with Crippen molar-refractivity contribution in [3.63, 3.8) is 0 Å². The maximum Gasteiger partial charge on any atom is 0.353 e. The zero-order chi connectivity index (χ0) is 18.7. The first-order valence-electron chi connectivity index (χ1n) is 7.29. The number of nitrogens with zero attached hydrogens (tertiary/aromatic N) is 3. The van der Waals surface area contributed by atoms with Gasteiger partial charge in [0.1, 0.15) is 5.82 Å². The van der Waals surface area contributed by atoms with Crippen LogP contribution in [0, 0.1) is 15.9 Å².